The summed E-state index contributed by atoms with van der Waals surface area (Å²) in [7, 11) is 0. The quantitative estimate of drug-likeness (QED) is 0.658. The number of aromatic amines is 1. The Labute approximate surface area is 64.6 Å². The maximum atomic E-state index is 10.5. The number of rotatable bonds is 1. The van der Waals surface area contributed by atoms with Crippen LogP contribution in [0.2, 0.25) is 0 Å². The number of H-pyrrole nitrogens is 1. The molecule has 1 aromatic heterocycles. The first-order valence-corrected chi connectivity index (χ1v) is 3.52. The standard InChI is InChI=1S/C7H12N2O2/c1-7(2,3)4-5-8-9-6(10)11-5/h4H2,1-3H3,(H,9,10). The van der Waals surface area contributed by atoms with Crippen LogP contribution in [0.15, 0.2) is 9.21 Å². The molecule has 11 heavy (non-hydrogen) atoms. The van der Waals surface area contributed by atoms with Crippen molar-refractivity contribution in [3.8, 4) is 0 Å². The van der Waals surface area contributed by atoms with Crippen molar-refractivity contribution in [1.29, 1.82) is 0 Å². The number of hydrogen-bond donors (Lipinski definition) is 1. The summed E-state index contributed by atoms with van der Waals surface area (Å²) in [6, 6.07) is 0. The second-order valence-corrected chi connectivity index (χ2v) is 3.74. The third-order valence-electron chi connectivity index (χ3n) is 1.16. The molecule has 0 radical (unpaired) electrons. The Kier molecular flexibility index (Phi) is 1.85. The highest BCUT2D eigenvalue weighted by atomic mass is 16.4. The molecule has 1 heterocycles. The van der Waals surface area contributed by atoms with Crippen LogP contribution >= 0.6 is 0 Å². The van der Waals surface area contributed by atoms with Crippen molar-refractivity contribution in [3.63, 3.8) is 0 Å². The van der Waals surface area contributed by atoms with Crippen molar-refractivity contribution in [2.24, 2.45) is 5.41 Å². The van der Waals surface area contributed by atoms with Crippen LogP contribution in [0.5, 0.6) is 0 Å². The molecule has 62 valence electrons. The van der Waals surface area contributed by atoms with Gasteiger partial charge in [-0.1, -0.05) is 20.8 Å². The fourth-order valence-electron chi connectivity index (χ4n) is 0.790. The Morgan fingerprint density at radius 1 is 1.55 bits per heavy atom. The van der Waals surface area contributed by atoms with Crippen LogP contribution in [0.4, 0.5) is 0 Å². The fourth-order valence-corrected chi connectivity index (χ4v) is 0.790. The molecule has 0 aromatic carbocycles. The average molecular weight is 156 g/mol. The first-order chi connectivity index (χ1) is 4.97. The summed E-state index contributed by atoms with van der Waals surface area (Å²) in [5.74, 6) is -0.00764. The van der Waals surface area contributed by atoms with Crippen LogP contribution in [-0.4, -0.2) is 10.2 Å². The van der Waals surface area contributed by atoms with E-state index in [0.717, 1.165) is 0 Å². The molecule has 4 nitrogen and oxygen atoms in total. The van der Waals surface area contributed by atoms with Crippen molar-refractivity contribution in [2.75, 3.05) is 0 Å². The van der Waals surface area contributed by atoms with Crippen LogP contribution < -0.4 is 5.76 Å². The molecule has 0 saturated heterocycles. The highest BCUT2D eigenvalue weighted by molar-refractivity contribution is 4.80. The molecular formula is C7H12N2O2. The predicted molar refractivity (Wildman–Crippen MR) is 40.3 cm³/mol. The normalized spacial score (nSPS) is 11.9. The smallest absolute Gasteiger partial charge is 0.392 e. The van der Waals surface area contributed by atoms with Crippen molar-refractivity contribution in [1.82, 2.24) is 10.2 Å². The van der Waals surface area contributed by atoms with E-state index in [1.807, 2.05) is 0 Å². The highest BCUT2D eigenvalue weighted by Crippen LogP contribution is 2.17. The maximum absolute atomic E-state index is 10.5. The van der Waals surface area contributed by atoms with Crippen molar-refractivity contribution < 1.29 is 4.42 Å². The molecule has 0 aliphatic heterocycles. The summed E-state index contributed by atoms with van der Waals surface area (Å²) < 4.78 is 4.74. The molecule has 0 aliphatic carbocycles. The van der Waals surface area contributed by atoms with E-state index in [2.05, 4.69) is 31.0 Å². The second-order valence-electron chi connectivity index (χ2n) is 3.74. The summed E-state index contributed by atoms with van der Waals surface area (Å²) in [5.41, 5.74) is 0.102. The first kappa shape index (κ1) is 8.04. The Hall–Kier alpha value is -1.06. The van der Waals surface area contributed by atoms with Gasteiger partial charge in [0.05, 0.1) is 0 Å². The van der Waals surface area contributed by atoms with E-state index in [4.69, 9.17) is 4.42 Å². The van der Waals surface area contributed by atoms with Crippen LogP contribution in [0.25, 0.3) is 0 Å². The van der Waals surface area contributed by atoms with Crippen molar-refractivity contribution >= 4 is 0 Å². The number of hydrogen-bond acceptors (Lipinski definition) is 3. The third-order valence-corrected chi connectivity index (χ3v) is 1.16. The Balaban J connectivity index is 2.73. The molecule has 0 fully saturated rings. The minimum absolute atomic E-state index is 0.102. The zero-order chi connectivity index (χ0) is 8.48. The average Bonchev–Trinajstić information content (AvgIpc) is 2.10. The van der Waals surface area contributed by atoms with E-state index >= 15 is 0 Å². The van der Waals surface area contributed by atoms with Gasteiger partial charge in [0.2, 0.25) is 5.89 Å². The second kappa shape index (κ2) is 2.53. The van der Waals surface area contributed by atoms with E-state index < -0.39 is 5.76 Å². The molecule has 1 N–H and O–H groups in total. The number of nitrogens with one attached hydrogen (secondary N) is 1. The Morgan fingerprint density at radius 3 is 2.55 bits per heavy atom. The molecule has 0 spiro atoms. The van der Waals surface area contributed by atoms with E-state index in [1.54, 1.807) is 0 Å². The van der Waals surface area contributed by atoms with Crippen LogP contribution in [0.3, 0.4) is 0 Å². The lowest BCUT2D eigenvalue weighted by Crippen LogP contribution is -2.09. The van der Waals surface area contributed by atoms with Gasteiger partial charge in [0, 0.05) is 6.42 Å². The van der Waals surface area contributed by atoms with Gasteiger partial charge in [0.15, 0.2) is 0 Å². The van der Waals surface area contributed by atoms with Gasteiger partial charge in [0.25, 0.3) is 0 Å². The van der Waals surface area contributed by atoms with Crippen molar-refractivity contribution in [2.45, 2.75) is 27.2 Å². The van der Waals surface area contributed by atoms with Gasteiger partial charge >= 0.3 is 5.76 Å². The minimum Gasteiger partial charge on any atom is -0.392 e. The van der Waals surface area contributed by atoms with Crippen molar-refractivity contribution in [3.05, 3.63) is 16.4 Å². The summed E-state index contributed by atoms with van der Waals surface area (Å²) >= 11 is 0. The Morgan fingerprint density at radius 2 is 2.18 bits per heavy atom. The molecule has 0 saturated carbocycles. The third kappa shape index (κ3) is 2.57. The highest BCUT2D eigenvalue weighted by Gasteiger charge is 2.14. The van der Waals surface area contributed by atoms with Crippen LogP contribution in [0.1, 0.15) is 26.7 Å². The van der Waals surface area contributed by atoms with Crippen LogP contribution in [0, 0.1) is 5.41 Å². The van der Waals surface area contributed by atoms with Gasteiger partial charge < -0.3 is 4.42 Å². The zero-order valence-corrected chi connectivity index (χ0v) is 6.97. The largest absolute Gasteiger partial charge is 0.434 e. The monoisotopic (exact) mass is 156 g/mol. The summed E-state index contributed by atoms with van der Waals surface area (Å²) in [6.07, 6.45) is 0.672. The molecule has 1 rings (SSSR count). The number of aromatic nitrogens is 2. The molecule has 0 bridgehead atoms. The van der Waals surface area contributed by atoms with Gasteiger partial charge in [-0.05, 0) is 5.41 Å². The van der Waals surface area contributed by atoms with E-state index in [-0.39, 0.29) is 5.41 Å². The number of nitrogens with zero attached hydrogens (tertiary/aromatic N) is 1. The molecule has 0 amide bonds. The SMILES string of the molecule is CC(C)(C)Cc1n[nH]c(=O)o1. The molecular weight excluding hydrogens is 144 g/mol. The van der Waals surface area contributed by atoms with Gasteiger partial charge in [0.1, 0.15) is 0 Å². The van der Waals surface area contributed by atoms with Gasteiger partial charge in [-0.3, -0.25) is 0 Å². The fraction of sp³-hybridized carbons (Fsp3) is 0.714. The predicted octanol–water partition coefficient (Wildman–Crippen LogP) is 0.952. The van der Waals surface area contributed by atoms with E-state index in [1.165, 1.54) is 0 Å². The summed E-state index contributed by atoms with van der Waals surface area (Å²) in [4.78, 5) is 10.5. The Bertz CT molecular complexity index is 279. The molecule has 1 aromatic rings. The minimum atomic E-state index is -0.482. The summed E-state index contributed by atoms with van der Waals surface area (Å²) in [5, 5.41) is 5.92. The lowest BCUT2D eigenvalue weighted by Gasteiger charge is -2.13. The summed E-state index contributed by atoms with van der Waals surface area (Å²) in [6.45, 7) is 6.17. The van der Waals surface area contributed by atoms with Gasteiger partial charge in [-0.15, -0.1) is 5.10 Å². The topological polar surface area (TPSA) is 58.9 Å². The molecule has 0 unspecified atom stereocenters. The molecule has 4 heteroatoms. The lowest BCUT2D eigenvalue weighted by molar-refractivity contribution is 0.347. The maximum Gasteiger partial charge on any atom is 0.434 e. The lowest BCUT2D eigenvalue weighted by atomic mass is 9.92. The van der Waals surface area contributed by atoms with E-state index in [9.17, 15) is 4.79 Å². The molecule has 0 atom stereocenters. The van der Waals surface area contributed by atoms with E-state index in [0.29, 0.717) is 12.3 Å². The first-order valence-electron chi connectivity index (χ1n) is 3.52. The zero-order valence-electron chi connectivity index (χ0n) is 6.97. The van der Waals surface area contributed by atoms with Gasteiger partial charge in [-0.2, -0.15) is 0 Å². The van der Waals surface area contributed by atoms with Gasteiger partial charge in [-0.25, -0.2) is 9.89 Å². The molecule has 0 aliphatic rings. The van der Waals surface area contributed by atoms with Crippen LogP contribution in [-0.2, 0) is 6.42 Å².